The predicted octanol–water partition coefficient (Wildman–Crippen LogP) is 4.87. The molecule has 2 atom stereocenters. The lowest BCUT2D eigenvalue weighted by molar-refractivity contribution is -0.140. The number of methoxy groups -OCH3 is 1. The van der Waals surface area contributed by atoms with Gasteiger partial charge in [0, 0.05) is 32.7 Å². The van der Waals surface area contributed by atoms with Crippen LogP contribution in [0.1, 0.15) is 29.7 Å². The third-order valence-corrected chi connectivity index (χ3v) is 6.55. The number of carbonyl (C=O) groups is 1. The first-order chi connectivity index (χ1) is 17.5. The summed E-state index contributed by atoms with van der Waals surface area (Å²) in [6.45, 7) is 8.11. The monoisotopic (exact) mass is 488 g/mol. The van der Waals surface area contributed by atoms with Crippen molar-refractivity contribution in [1.82, 2.24) is 9.80 Å². The summed E-state index contributed by atoms with van der Waals surface area (Å²) >= 11 is 0. The van der Waals surface area contributed by atoms with E-state index in [9.17, 15) is 4.79 Å². The van der Waals surface area contributed by atoms with Gasteiger partial charge < -0.3 is 19.1 Å². The zero-order valence-corrected chi connectivity index (χ0v) is 21.4. The van der Waals surface area contributed by atoms with E-state index in [1.54, 1.807) is 7.11 Å². The van der Waals surface area contributed by atoms with Crippen molar-refractivity contribution in [3.05, 3.63) is 95.6 Å². The van der Waals surface area contributed by atoms with Crippen LogP contribution in [-0.4, -0.2) is 61.6 Å². The van der Waals surface area contributed by atoms with Crippen LogP contribution >= 0.6 is 0 Å². The molecule has 6 heteroatoms. The largest absolute Gasteiger partial charge is 0.497 e. The van der Waals surface area contributed by atoms with Gasteiger partial charge >= 0.3 is 0 Å². The zero-order valence-electron chi connectivity index (χ0n) is 21.4. The highest BCUT2D eigenvalue weighted by atomic mass is 16.5. The first kappa shape index (κ1) is 25.7. The van der Waals surface area contributed by atoms with Crippen molar-refractivity contribution in [2.24, 2.45) is 0 Å². The number of benzene rings is 3. The first-order valence-electron chi connectivity index (χ1n) is 12.6. The number of ether oxygens (including phenoxy) is 3. The zero-order chi connectivity index (χ0) is 25.3. The van der Waals surface area contributed by atoms with Gasteiger partial charge in [-0.05, 0) is 49.2 Å². The van der Waals surface area contributed by atoms with Crippen molar-refractivity contribution in [2.75, 3.05) is 39.8 Å². The molecule has 0 bridgehead atoms. The molecule has 0 saturated carbocycles. The fourth-order valence-corrected chi connectivity index (χ4v) is 4.37. The topological polar surface area (TPSA) is 51.2 Å². The molecule has 0 spiro atoms. The van der Waals surface area contributed by atoms with E-state index in [-0.39, 0.29) is 12.0 Å². The Kier molecular flexibility index (Phi) is 8.98. The van der Waals surface area contributed by atoms with Crippen LogP contribution in [0.2, 0.25) is 0 Å². The summed E-state index contributed by atoms with van der Waals surface area (Å²) in [5.41, 5.74) is 3.47. The molecular weight excluding hydrogens is 452 g/mol. The van der Waals surface area contributed by atoms with E-state index in [1.165, 1.54) is 5.56 Å². The fraction of sp³-hybridized carbons (Fsp3) is 0.367. The summed E-state index contributed by atoms with van der Waals surface area (Å²) in [7, 11) is 1.68. The molecule has 1 amide bonds. The first-order valence-corrected chi connectivity index (χ1v) is 12.6. The maximum Gasteiger partial charge on any atom is 0.263 e. The molecule has 3 aromatic rings. The fourth-order valence-electron chi connectivity index (χ4n) is 4.37. The van der Waals surface area contributed by atoms with Crippen molar-refractivity contribution >= 4 is 5.91 Å². The standard InChI is InChI=1S/C30H36N2O4/c1-23-12-14-25(15-13-23)22-35-29(26-8-7-11-28(20-26)34-3)21-31-16-18-32(19-17-31)30(33)24(2)36-27-9-5-4-6-10-27/h4-15,20,24,29H,16-19,21-22H2,1-3H3/t24-,29-/m1/s1. The smallest absolute Gasteiger partial charge is 0.263 e. The molecule has 36 heavy (non-hydrogen) atoms. The number of para-hydroxylation sites is 1. The Morgan fingerprint density at radius 1 is 0.889 bits per heavy atom. The molecule has 1 saturated heterocycles. The number of piperazine rings is 1. The predicted molar refractivity (Wildman–Crippen MR) is 141 cm³/mol. The van der Waals surface area contributed by atoms with E-state index >= 15 is 0 Å². The summed E-state index contributed by atoms with van der Waals surface area (Å²) in [6, 6.07) is 26.0. The molecule has 0 N–H and O–H groups in total. The van der Waals surface area contributed by atoms with E-state index in [4.69, 9.17) is 14.2 Å². The molecule has 0 aliphatic carbocycles. The molecule has 0 unspecified atom stereocenters. The van der Waals surface area contributed by atoms with Crippen LogP contribution in [-0.2, 0) is 16.1 Å². The minimum Gasteiger partial charge on any atom is -0.497 e. The van der Waals surface area contributed by atoms with Gasteiger partial charge in [0.1, 0.15) is 11.5 Å². The van der Waals surface area contributed by atoms with Crippen molar-refractivity contribution in [3.63, 3.8) is 0 Å². The molecule has 0 aromatic heterocycles. The molecule has 1 aliphatic heterocycles. The van der Waals surface area contributed by atoms with E-state index in [1.807, 2.05) is 60.4 Å². The second kappa shape index (κ2) is 12.6. The number of rotatable bonds is 10. The normalized spacial score (nSPS) is 15.8. The number of aryl methyl sites for hydroxylation is 1. The SMILES string of the molecule is COc1cccc([C@@H](CN2CCN(C(=O)[C@@H](C)Oc3ccccc3)CC2)OCc2ccc(C)cc2)c1. The van der Waals surface area contributed by atoms with Gasteiger partial charge in [0.25, 0.3) is 5.91 Å². The Morgan fingerprint density at radius 2 is 1.58 bits per heavy atom. The Morgan fingerprint density at radius 3 is 2.28 bits per heavy atom. The maximum atomic E-state index is 13.0. The van der Waals surface area contributed by atoms with Crippen LogP contribution in [0.3, 0.4) is 0 Å². The summed E-state index contributed by atoms with van der Waals surface area (Å²) in [6.07, 6.45) is -0.620. The van der Waals surface area contributed by atoms with E-state index in [0.717, 1.165) is 36.5 Å². The summed E-state index contributed by atoms with van der Waals surface area (Å²) in [5, 5.41) is 0. The second-order valence-corrected chi connectivity index (χ2v) is 9.26. The van der Waals surface area contributed by atoms with Crippen molar-refractivity contribution in [1.29, 1.82) is 0 Å². The van der Waals surface area contributed by atoms with Crippen LogP contribution < -0.4 is 9.47 Å². The van der Waals surface area contributed by atoms with Crippen LogP contribution in [0.5, 0.6) is 11.5 Å². The Balaban J connectivity index is 1.35. The minimum absolute atomic E-state index is 0.0264. The lowest BCUT2D eigenvalue weighted by atomic mass is 10.1. The van der Waals surface area contributed by atoms with Gasteiger partial charge in [-0.25, -0.2) is 0 Å². The molecule has 3 aromatic carbocycles. The second-order valence-electron chi connectivity index (χ2n) is 9.26. The van der Waals surface area contributed by atoms with E-state index in [0.29, 0.717) is 25.4 Å². The third kappa shape index (κ3) is 7.09. The number of carbonyl (C=O) groups excluding carboxylic acids is 1. The van der Waals surface area contributed by atoms with E-state index in [2.05, 4.69) is 42.2 Å². The third-order valence-electron chi connectivity index (χ3n) is 6.55. The molecule has 1 heterocycles. The highest BCUT2D eigenvalue weighted by Crippen LogP contribution is 2.25. The molecule has 0 radical (unpaired) electrons. The molecule has 1 fully saturated rings. The maximum absolute atomic E-state index is 13.0. The van der Waals surface area contributed by atoms with Crippen molar-refractivity contribution < 1.29 is 19.0 Å². The quantitative estimate of drug-likeness (QED) is 0.407. The summed E-state index contributed by atoms with van der Waals surface area (Å²) in [4.78, 5) is 17.2. The van der Waals surface area contributed by atoms with Gasteiger partial charge in [0.15, 0.2) is 6.10 Å². The molecule has 1 aliphatic rings. The van der Waals surface area contributed by atoms with Crippen LogP contribution in [0.4, 0.5) is 0 Å². The van der Waals surface area contributed by atoms with Gasteiger partial charge in [0.2, 0.25) is 0 Å². The molecule has 6 nitrogen and oxygen atoms in total. The van der Waals surface area contributed by atoms with Gasteiger partial charge in [-0.3, -0.25) is 9.69 Å². The Bertz CT molecular complexity index is 1100. The van der Waals surface area contributed by atoms with E-state index < -0.39 is 6.10 Å². The lowest BCUT2D eigenvalue weighted by Gasteiger charge is -2.37. The highest BCUT2D eigenvalue weighted by Gasteiger charge is 2.27. The number of hydrogen-bond acceptors (Lipinski definition) is 5. The summed E-state index contributed by atoms with van der Waals surface area (Å²) < 4.78 is 17.7. The van der Waals surface area contributed by atoms with Gasteiger partial charge in [-0.2, -0.15) is 0 Å². The molecule has 190 valence electrons. The molecule has 4 rings (SSSR count). The van der Waals surface area contributed by atoms with Crippen LogP contribution in [0.25, 0.3) is 0 Å². The van der Waals surface area contributed by atoms with Gasteiger partial charge in [0.05, 0.1) is 19.8 Å². The summed E-state index contributed by atoms with van der Waals surface area (Å²) in [5.74, 6) is 1.56. The number of amides is 1. The van der Waals surface area contributed by atoms with Crippen LogP contribution in [0, 0.1) is 6.92 Å². The number of hydrogen-bond donors (Lipinski definition) is 0. The lowest BCUT2D eigenvalue weighted by Crippen LogP contribution is -2.52. The van der Waals surface area contributed by atoms with Crippen molar-refractivity contribution in [2.45, 2.75) is 32.7 Å². The Labute approximate surface area is 214 Å². The van der Waals surface area contributed by atoms with Gasteiger partial charge in [-0.15, -0.1) is 0 Å². The highest BCUT2D eigenvalue weighted by molar-refractivity contribution is 5.81. The number of nitrogens with zero attached hydrogens (tertiary/aromatic N) is 2. The van der Waals surface area contributed by atoms with Crippen molar-refractivity contribution in [3.8, 4) is 11.5 Å². The average molecular weight is 489 g/mol. The Hall–Kier alpha value is -3.35. The van der Waals surface area contributed by atoms with Crippen LogP contribution in [0.15, 0.2) is 78.9 Å². The minimum atomic E-state index is -0.513. The molecular formula is C30H36N2O4. The average Bonchev–Trinajstić information content (AvgIpc) is 2.92. The van der Waals surface area contributed by atoms with Gasteiger partial charge in [-0.1, -0.05) is 60.2 Å².